The summed E-state index contributed by atoms with van der Waals surface area (Å²) in [6.45, 7) is 4.70. The van der Waals surface area contributed by atoms with Crippen LogP contribution in [-0.4, -0.2) is 6.54 Å². The molecule has 0 unspecified atom stereocenters. The van der Waals surface area contributed by atoms with Gasteiger partial charge in [-0.2, -0.15) is 0 Å². The molecule has 0 radical (unpaired) electrons. The van der Waals surface area contributed by atoms with Crippen molar-refractivity contribution < 1.29 is 0 Å². The summed E-state index contributed by atoms with van der Waals surface area (Å²) < 4.78 is 0. The summed E-state index contributed by atoms with van der Waals surface area (Å²) >= 11 is 0. The number of hydrogen-bond donors (Lipinski definition) is 1. The predicted molar refractivity (Wildman–Crippen MR) is 30.9 cm³/mol. The Balaban J connectivity index is 2.51. The lowest BCUT2D eigenvalue weighted by Crippen LogP contribution is -2.04. The van der Waals surface area contributed by atoms with Gasteiger partial charge in [-0.1, -0.05) is 12.7 Å². The zero-order chi connectivity index (χ0) is 5.11. The molecule has 0 atom stereocenters. The van der Waals surface area contributed by atoms with Gasteiger partial charge < -0.3 is 5.32 Å². The zero-order valence-corrected chi connectivity index (χ0v) is 4.28. The van der Waals surface area contributed by atoms with Crippen molar-refractivity contribution in [3.05, 3.63) is 24.4 Å². The van der Waals surface area contributed by atoms with Crippen molar-refractivity contribution >= 4 is 0 Å². The van der Waals surface area contributed by atoms with Gasteiger partial charge in [-0.05, 0) is 12.5 Å². The van der Waals surface area contributed by atoms with Crippen LogP contribution in [0.3, 0.4) is 0 Å². The van der Waals surface area contributed by atoms with Crippen molar-refractivity contribution in [2.24, 2.45) is 0 Å². The number of rotatable bonds is 1. The van der Waals surface area contributed by atoms with E-state index >= 15 is 0 Å². The Hall–Kier alpha value is -0.720. The van der Waals surface area contributed by atoms with Crippen LogP contribution in [0.5, 0.6) is 0 Å². The summed E-state index contributed by atoms with van der Waals surface area (Å²) in [6.07, 6.45) is 5.14. The van der Waals surface area contributed by atoms with Crippen LogP contribution in [0.15, 0.2) is 24.4 Å². The van der Waals surface area contributed by atoms with Gasteiger partial charge in [0.25, 0.3) is 0 Å². The summed E-state index contributed by atoms with van der Waals surface area (Å²) in [6, 6.07) is 0. The van der Waals surface area contributed by atoms with Crippen molar-refractivity contribution in [2.45, 2.75) is 6.42 Å². The van der Waals surface area contributed by atoms with E-state index in [2.05, 4.69) is 18.0 Å². The largest absolute Gasteiger partial charge is 0.385 e. The molecule has 1 heterocycles. The molecule has 0 aromatic carbocycles. The number of nitrogens with one attached hydrogen (secondary N) is 1. The van der Waals surface area contributed by atoms with Crippen LogP contribution in [0.25, 0.3) is 0 Å². The minimum absolute atomic E-state index is 1.08. The first-order valence-electron chi connectivity index (χ1n) is 2.50. The quantitative estimate of drug-likeness (QED) is 0.513. The summed E-state index contributed by atoms with van der Waals surface area (Å²) in [5.41, 5.74) is 1.18. The van der Waals surface area contributed by atoms with Crippen molar-refractivity contribution in [3.63, 3.8) is 0 Å². The fourth-order valence-electron chi connectivity index (χ4n) is 0.672. The molecule has 1 aliphatic heterocycles. The van der Waals surface area contributed by atoms with Crippen LogP contribution in [0.2, 0.25) is 0 Å². The Labute approximate surface area is 43.7 Å². The molecule has 0 aliphatic carbocycles. The van der Waals surface area contributed by atoms with Gasteiger partial charge in [0.1, 0.15) is 0 Å². The van der Waals surface area contributed by atoms with E-state index in [1.165, 1.54) is 5.70 Å². The average Bonchev–Trinajstić information content (AvgIpc) is 2.14. The van der Waals surface area contributed by atoms with Crippen LogP contribution in [-0.2, 0) is 0 Å². The maximum absolute atomic E-state index is 3.61. The molecule has 7 heavy (non-hydrogen) atoms. The van der Waals surface area contributed by atoms with Gasteiger partial charge in [-0.15, -0.1) is 0 Å². The minimum Gasteiger partial charge on any atom is -0.385 e. The van der Waals surface area contributed by atoms with Gasteiger partial charge >= 0.3 is 0 Å². The van der Waals surface area contributed by atoms with Gasteiger partial charge in [0.05, 0.1) is 0 Å². The highest BCUT2D eigenvalue weighted by Gasteiger charge is 1.94. The second-order valence-corrected chi connectivity index (χ2v) is 1.58. The second-order valence-electron chi connectivity index (χ2n) is 1.58. The minimum atomic E-state index is 1.08. The SMILES string of the molecule is C=CC1=CCCN1. The number of allylic oxidation sites excluding steroid dienone is 1. The molecule has 0 amide bonds. The van der Waals surface area contributed by atoms with Crippen LogP contribution in [0.1, 0.15) is 6.42 Å². The topological polar surface area (TPSA) is 12.0 Å². The molecule has 0 fully saturated rings. The molecule has 1 nitrogen and oxygen atoms in total. The Bertz CT molecular complexity index is 103. The van der Waals surface area contributed by atoms with E-state index < -0.39 is 0 Å². The molecule has 1 rings (SSSR count). The molecule has 1 heteroatoms. The Morgan fingerprint density at radius 2 is 2.71 bits per heavy atom. The highest BCUT2D eigenvalue weighted by Crippen LogP contribution is 1.99. The van der Waals surface area contributed by atoms with Crippen LogP contribution in [0, 0.1) is 0 Å². The van der Waals surface area contributed by atoms with Crippen LogP contribution < -0.4 is 5.32 Å². The molecule has 1 N–H and O–H groups in total. The van der Waals surface area contributed by atoms with Crippen molar-refractivity contribution in [3.8, 4) is 0 Å². The third-order valence-corrected chi connectivity index (χ3v) is 1.06. The lowest BCUT2D eigenvalue weighted by atomic mass is 10.4. The van der Waals surface area contributed by atoms with Crippen molar-refractivity contribution in [1.82, 2.24) is 5.32 Å². The normalized spacial score (nSPS) is 18.0. The molecule has 0 saturated heterocycles. The lowest BCUT2D eigenvalue weighted by Gasteiger charge is -1.90. The fourth-order valence-corrected chi connectivity index (χ4v) is 0.672. The summed E-state index contributed by atoms with van der Waals surface area (Å²) in [5, 5.41) is 3.15. The highest BCUT2D eigenvalue weighted by atomic mass is 14.9. The smallest absolute Gasteiger partial charge is 0.0294 e. The van der Waals surface area contributed by atoms with E-state index in [1.54, 1.807) is 0 Å². The predicted octanol–water partition coefficient (Wildman–Crippen LogP) is 1.05. The van der Waals surface area contributed by atoms with Gasteiger partial charge in [0, 0.05) is 12.2 Å². The third kappa shape index (κ3) is 0.829. The van der Waals surface area contributed by atoms with E-state index in [-0.39, 0.29) is 0 Å². The molecule has 1 aliphatic rings. The first-order chi connectivity index (χ1) is 3.43. The van der Waals surface area contributed by atoms with Gasteiger partial charge in [-0.3, -0.25) is 0 Å². The maximum Gasteiger partial charge on any atom is 0.0294 e. The molecule has 0 aromatic rings. The van der Waals surface area contributed by atoms with E-state index in [0.717, 1.165) is 13.0 Å². The highest BCUT2D eigenvalue weighted by molar-refractivity contribution is 5.17. The van der Waals surface area contributed by atoms with E-state index in [4.69, 9.17) is 0 Å². The van der Waals surface area contributed by atoms with Crippen LogP contribution >= 0.6 is 0 Å². The zero-order valence-electron chi connectivity index (χ0n) is 4.28. The van der Waals surface area contributed by atoms with E-state index in [9.17, 15) is 0 Å². The molecule has 0 spiro atoms. The van der Waals surface area contributed by atoms with E-state index in [1.807, 2.05) is 6.08 Å². The van der Waals surface area contributed by atoms with Gasteiger partial charge in [0.2, 0.25) is 0 Å². The second kappa shape index (κ2) is 1.82. The van der Waals surface area contributed by atoms with Crippen molar-refractivity contribution in [2.75, 3.05) is 6.54 Å². The summed E-state index contributed by atoms with van der Waals surface area (Å²) in [4.78, 5) is 0. The van der Waals surface area contributed by atoms with E-state index in [0.29, 0.717) is 0 Å². The van der Waals surface area contributed by atoms with Gasteiger partial charge in [-0.25, -0.2) is 0 Å². The molecule has 0 bridgehead atoms. The Morgan fingerprint density at radius 1 is 1.86 bits per heavy atom. The molecule has 0 aromatic heterocycles. The summed E-state index contributed by atoms with van der Waals surface area (Å²) in [7, 11) is 0. The van der Waals surface area contributed by atoms with Crippen molar-refractivity contribution in [1.29, 1.82) is 0 Å². The standard InChI is InChI=1S/C6H9N/c1-2-6-4-3-5-7-6/h2,4,7H,1,3,5H2. The summed E-state index contributed by atoms with van der Waals surface area (Å²) in [5.74, 6) is 0. The molecule has 0 saturated carbocycles. The Kier molecular flexibility index (Phi) is 1.16. The molecule has 38 valence electrons. The first-order valence-corrected chi connectivity index (χ1v) is 2.50. The monoisotopic (exact) mass is 95.1 g/mol. The first kappa shape index (κ1) is 4.44. The average molecular weight is 95.1 g/mol. The van der Waals surface area contributed by atoms with Crippen LogP contribution in [0.4, 0.5) is 0 Å². The Morgan fingerprint density at radius 3 is 3.00 bits per heavy atom. The molecular weight excluding hydrogens is 86.1 g/mol. The third-order valence-electron chi connectivity index (χ3n) is 1.06. The molecular formula is C6H9N. The maximum atomic E-state index is 3.61. The lowest BCUT2D eigenvalue weighted by molar-refractivity contribution is 0.893. The number of hydrogen-bond acceptors (Lipinski definition) is 1. The van der Waals surface area contributed by atoms with Gasteiger partial charge in [0.15, 0.2) is 0 Å². The fraction of sp³-hybridized carbons (Fsp3) is 0.333.